The molecule has 1 aromatic carbocycles. The highest BCUT2D eigenvalue weighted by Crippen LogP contribution is 2.26. The molecule has 1 unspecified atom stereocenters. The highest BCUT2D eigenvalue weighted by atomic mass is 32.2. The highest BCUT2D eigenvalue weighted by Gasteiger charge is 2.18. The highest BCUT2D eigenvalue weighted by molar-refractivity contribution is 7.99. The fourth-order valence-electron chi connectivity index (χ4n) is 3.10. The molecule has 0 radical (unpaired) electrons. The van der Waals surface area contributed by atoms with Crippen molar-refractivity contribution in [2.75, 3.05) is 12.4 Å². The van der Waals surface area contributed by atoms with Gasteiger partial charge in [-0.05, 0) is 31.0 Å². The first-order valence-corrected chi connectivity index (χ1v) is 10.2. The number of ether oxygens (including phenoxy) is 1. The van der Waals surface area contributed by atoms with Crippen LogP contribution >= 0.6 is 11.8 Å². The standard InChI is InChI=1S/C20H21N5O2S/c26-20(17-7-1-2-8-18(17)28-12-16-6-4-10-27-16)23-11-15-5-3-9-22-19(15)25-14-21-13-24-25/h1-3,5,7-9,13-14,16H,4,6,10-12H2,(H,23,26). The molecular weight excluding hydrogens is 374 g/mol. The van der Waals surface area contributed by atoms with Crippen molar-refractivity contribution in [1.82, 2.24) is 25.1 Å². The molecule has 0 saturated carbocycles. The summed E-state index contributed by atoms with van der Waals surface area (Å²) in [6.07, 6.45) is 7.23. The van der Waals surface area contributed by atoms with Gasteiger partial charge in [0.15, 0.2) is 5.82 Å². The minimum absolute atomic E-state index is 0.108. The zero-order valence-corrected chi connectivity index (χ0v) is 16.1. The molecule has 1 atom stereocenters. The molecule has 1 aliphatic rings. The second-order valence-electron chi connectivity index (χ2n) is 6.45. The van der Waals surface area contributed by atoms with Gasteiger partial charge in [-0.25, -0.2) is 14.6 Å². The molecule has 1 N–H and O–H groups in total. The number of rotatable bonds is 7. The molecule has 1 amide bonds. The monoisotopic (exact) mass is 395 g/mol. The fraction of sp³-hybridized carbons (Fsp3) is 0.300. The molecule has 0 aliphatic carbocycles. The van der Waals surface area contributed by atoms with E-state index in [1.807, 2.05) is 36.4 Å². The van der Waals surface area contributed by atoms with E-state index in [9.17, 15) is 4.79 Å². The van der Waals surface area contributed by atoms with Crippen LogP contribution in [0.15, 0.2) is 60.1 Å². The van der Waals surface area contributed by atoms with Crippen LogP contribution < -0.4 is 5.32 Å². The lowest BCUT2D eigenvalue weighted by molar-refractivity contribution is 0.0947. The van der Waals surface area contributed by atoms with Crippen molar-refractivity contribution in [2.24, 2.45) is 0 Å². The van der Waals surface area contributed by atoms with E-state index in [2.05, 4.69) is 20.4 Å². The number of hydrogen-bond donors (Lipinski definition) is 1. The summed E-state index contributed by atoms with van der Waals surface area (Å²) in [5.74, 6) is 1.41. The summed E-state index contributed by atoms with van der Waals surface area (Å²) in [6.45, 7) is 1.19. The summed E-state index contributed by atoms with van der Waals surface area (Å²) in [6, 6.07) is 11.4. The Morgan fingerprint density at radius 2 is 2.21 bits per heavy atom. The van der Waals surface area contributed by atoms with Gasteiger partial charge in [-0.1, -0.05) is 18.2 Å². The minimum atomic E-state index is -0.108. The summed E-state index contributed by atoms with van der Waals surface area (Å²) >= 11 is 1.67. The Bertz CT molecular complexity index is 926. The molecule has 8 heteroatoms. The van der Waals surface area contributed by atoms with Crippen LogP contribution in [0.2, 0.25) is 0 Å². The smallest absolute Gasteiger partial charge is 0.252 e. The first-order chi connectivity index (χ1) is 13.8. The van der Waals surface area contributed by atoms with Crippen molar-refractivity contribution in [2.45, 2.75) is 30.4 Å². The van der Waals surface area contributed by atoms with Gasteiger partial charge in [-0.2, -0.15) is 5.10 Å². The first-order valence-electron chi connectivity index (χ1n) is 9.22. The maximum atomic E-state index is 12.8. The van der Waals surface area contributed by atoms with Crippen LogP contribution in [0.5, 0.6) is 0 Å². The maximum Gasteiger partial charge on any atom is 0.252 e. The number of pyridine rings is 1. The quantitative estimate of drug-likeness (QED) is 0.620. The molecule has 1 fully saturated rings. The van der Waals surface area contributed by atoms with Crippen LogP contribution in [-0.4, -0.2) is 44.1 Å². The predicted octanol–water partition coefficient (Wildman–Crippen LogP) is 2.86. The Kier molecular flexibility index (Phi) is 5.98. The van der Waals surface area contributed by atoms with Gasteiger partial charge < -0.3 is 10.1 Å². The topological polar surface area (TPSA) is 81.9 Å². The zero-order chi connectivity index (χ0) is 19.2. The second kappa shape index (κ2) is 8.99. The van der Waals surface area contributed by atoms with Gasteiger partial charge in [0.1, 0.15) is 12.7 Å². The third kappa shape index (κ3) is 4.40. The van der Waals surface area contributed by atoms with E-state index in [0.29, 0.717) is 17.9 Å². The van der Waals surface area contributed by atoms with Crippen LogP contribution in [0.4, 0.5) is 0 Å². The SMILES string of the molecule is O=C(NCc1cccnc1-n1cncn1)c1ccccc1SCC1CCCO1. The molecule has 3 heterocycles. The second-order valence-corrected chi connectivity index (χ2v) is 7.51. The lowest BCUT2D eigenvalue weighted by atomic mass is 10.2. The average molecular weight is 395 g/mol. The van der Waals surface area contributed by atoms with Crippen molar-refractivity contribution < 1.29 is 9.53 Å². The Labute approximate surface area is 167 Å². The van der Waals surface area contributed by atoms with E-state index in [-0.39, 0.29) is 12.0 Å². The van der Waals surface area contributed by atoms with E-state index >= 15 is 0 Å². The van der Waals surface area contributed by atoms with E-state index in [4.69, 9.17) is 4.74 Å². The van der Waals surface area contributed by atoms with Gasteiger partial charge in [0, 0.05) is 35.6 Å². The number of thioether (sulfide) groups is 1. The number of nitrogens with zero attached hydrogens (tertiary/aromatic N) is 4. The lowest BCUT2D eigenvalue weighted by Gasteiger charge is -2.13. The summed E-state index contributed by atoms with van der Waals surface area (Å²) < 4.78 is 7.28. The van der Waals surface area contributed by atoms with E-state index in [0.717, 1.165) is 35.7 Å². The molecule has 28 heavy (non-hydrogen) atoms. The number of amides is 1. The third-order valence-electron chi connectivity index (χ3n) is 4.52. The van der Waals surface area contributed by atoms with Crippen molar-refractivity contribution in [3.05, 3.63) is 66.4 Å². The Morgan fingerprint density at radius 3 is 3.04 bits per heavy atom. The van der Waals surface area contributed by atoms with E-state index in [1.165, 1.54) is 6.33 Å². The van der Waals surface area contributed by atoms with Crippen molar-refractivity contribution in [1.29, 1.82) is 0 Å². The number of nitrogens with one attached hydrogen (secondary N) is 1. The number of hydrogen-bond acceptors (Lipinski definition) is 6. The summed E-state index contributed by atoms with van der Waals surface area (Å²) in [7, 11) is 0. The Morgan fingerprint density at radius 1 is 1.29 bits per heavy atom. The van der Waals surface area contributed by atoms with Crippen LogP contribution in [-0.2, 0) is 11.3 Å². The number of carbonyl (C=O) groups is 1. The van der Waals surface area contributed by atoms with Gasteiger partial charge in [-0.15, -0.1) is 11.8 Å². The maximum absolute atomic E-state index is 12.8. The van der Waals surface area contributed by atoms with Crippen LogP contribution in [0, 0.1) is 0 Å². The minimum Gasteiger partial charge on any atom is -0.377 e. The van der Waals surface area contributed by atoms with Crippen molar-refractivity contribution >= 4 is 17.7 Å². The predicted molar refractivity (Wildman–Crippen MR) is 106 cm³/mol. The first kappa shape index (κ1) is 18.6. The largest absolute Gasteiger partial charge is 0.377 e. The summed E-state index contributed by atoms with van der Waals surface area (Å²) in [4.78, 5) is 22.1. The van der Waals surface area contributed by atoms with Crippen LogP contribution in [0.25, 0.3) is 5.82 Å². The fourth-order valence-corrected chi connectivity index (χ4v) is 4.22. The number of carbonyl (C=O) groups excluding carboxylic acids is 1. The molecule has 1 aliphatic heterocycles. The molecule has 0 spiro atoms. The Balaban J connectivity index is 1.43. The summed E-state index contributed by atoms with van der Waals surface area (Å²) in [5, 5.41) is 7.12. The van der Waals surface area contributed by atoms with Crippen LogP contribution in [0.1, 0.15) is 28.8 Å². The number of aromatic nitrogens is 4. The Hall–Kier alpha value is -2.71. The molecule has 144 valence electrons. The van der Waals surface area contributed by atoms with E-state index in [1.54, 1.807) is 29.0 Å². The molecule has 2 aromatic heterocycles. The van der Waals surface area contributed by atoms with Crippen molar-refractivity contribution in [3.8, 4) is 5.82 Å². The molecule has 3 aromatic rings. The van der Waals surface area contributed by atoms with Gasteiger partial charge in [0.2, 0.25) is 0 Å². The molecular formula is C20H21N5O2S. The van der Waals surface area contributed by atoms with Gasteiger partial charge in [-0.3, -0.25) is 4.79 Å². The zero-order valence-electron chi connectivity index (χ0n) is 15.3. The third-order valence-corrected chi connectivity index (χ3v) is 5.73. The lowest BCUT2D eigenvalue weighted by Crippen LogP contribution is -2.24. The molecule has 7 nitrogen and oxygen atoms in total. The van der Waals surface area contributed by atoms with E-state index < -0.39 is 0 Å². The molecule has 4 rings (SSSR count). The average Bonchev–Trinajstić information content (AvgIpc) is 3.45. The molecule has 0 bridgehead atoms. The van der Waals surface area contributed by atoms with Gasteiger partial charge >= 0.3 is 0 Å². The van der Waals surface area contributed by atoms with Gasteiger partial charge in [0.05, 0.1) is 11.7 Å². The normalized spacial score (nSPS) is 16.2. The van der Waals surface area contributed by atoms with Crippen LogP contribution in [0.3, 0.4) is 0 Å². The van der Waals surface area contributed by atoms with Gasteiger partial charge in [0.25, 0.3) is 5.91 Å². The molecule has 1 saturated heterocycles. The number of benzene rings is 1. The summed E-state index contributed by atoms with van der Waals surface area (Å²) in [5.41, 5.74) is 1.54. The van der Waals surface area contributed by atoms with Crippen molar-refractivity contribution in [3.63, 3.8) is 0 Å².